The van der Waals surface area contributed by atoms with E-state index < -0.39 is 28.8 Å². The number of carbonyl (C=O) groups excluding carboxylic acids is 1. The second-order valence-electron chi connectivity index (χ2n) is 4.66. The van der Waals surface area contributed by atoms with E-state index in [1.807, 2.05) is 0 Å². The topological polar surface area (TPSA) is 26.3 Å². The van der Waals surface area contributed by atoms with Crippen LogP contribution in [0.2, 0.25) is 5.02 Å². The minimum atomic E-state index is -0.909. The zero-order valence-corrected chi connectivity index (χ0v) is 10.8. The molecule has 0 atom stereocenters. The molecular weight excluding hydrogens is 250 g/mol. The molecule has 0 saturated carbocycles. The first kappa shape index (κ1) is 13.9. The Bertz CT molecular complexity index is 465. The van der Waals surface area contributed by atoms with Crippen LogP contribution in [0.15, 0.2) is 6.07 Å². The van der Waals surface area contributed by atoms with Crippen molar-refractivity contribution < 1.29 is 18.3 Å². The van der Waals surface area contributed by atoms with Gasteiger partial charge in [0.2, 0.25) is 0 Å². The summed E-state index contributed by atoms with van der Waals surface area (Å²) in [5.74, 6) is -2.61. The standard InChI is InChI=1S/C12H13ClF2O2/c1-6-9(13)8(14)5-7(10(6)15)11(16)17-12(2,3)4/h5H,1-4H3. The van der Waals surface area contributed by atoms with Gasteiger partial charge in [0.1, 0.15) is 17.2 Å². The lowest BCUT2D eigenvalue weighted by molar-refractivity contribution is 0.00639. The maximum Gasteiger partial charge on any atom is 0.341 e. The van der Waals surface area contributed by atoms with Gasteiger partial charge in [-0.15, -0.1) is 0 Å². The Kier molecular flexibility index (Phi) is 3.77. The number of benzene rings is 1. The first-order chi connectivity index (χ1) is 7.63. The third kappa shape index (κ3) is 3.16. The van der Waals surface area contributed by atoms with Gasteiger partial charge in [-0.3, -0.25) is 0 Å². The number of hydrogen-bond donors (Lipinski definition) is 0. The lowest BCUT2D eigenvalue weighted by Crippen LogP contribution is -2.24. The molecule has 2 nitrogen and oxygen atoms in total. The zero-order valence-electron chi connectivity index (χ0n) is 10.0. The SMILES string of the molecule is Cc1c(F)c(C(=O)OC(C)(C)C)cc(F)c1Cl. The summed E-state index contributed by atoms with van der Waals surface area (Å²) in [6, 6.07) is 0.749. The van der Waals surface area contributed by atoms with Crippen LogP contribution in [0.3, 0.4) is 0 Å². The smallest absolute Gasteiger partial charge is 0.341 e. The maximum atomic E-state index is 13.7. The molecule has 0 aromatic heterocycles. The summed E-state index contributed by atoms with van der Waals surface area (Å²) in [5.41, 5.74) is -1.32. The van der Waals surface area contributed by atoms with E-state index in [4.69, 9.17) is 16.3 Å². The van der Waals surface area contributed by atoms with Gasteiger partial charge in [-0.25, -0.2) is 13.6 Å². The number of hydrogen-bond acceptors (Lipinski definition) is 2. The minimum Gasteiger partial charge on any atom is -0.456 e. The molecule has 0 bridgehead atoms. The van der Waals surface area contributed by atoms with E-state index in [-0.39, 0.29) is 10.6 Å². The fourth-order valence-electron chi connectivity index (χ4n) is 1.21. The third-order valence-corrected chi connectivity index (χ3v) is 2.46. The highest BCUT2D eigenvalue weighted by Crippen LogP contribution is 2.26. The first-order valence-corrected chi connectivity index (χ1v) is 5.38. The van der Waals surface area contributed by atoms with Gasteiger partial charge in [0.05, 0.1) is 10.6 Å². The van der Waals surface area contributed by atoms with Crippen molar-refractivity contribution >= 4 is 17.6 Å². The van der Waals surface area contributed by atoms with E-state index in [9.17, 15) is 13.6 Å². The van der Waals surface area contributed by atoms with Crippen molar-refractivity contribution in [1.82, 2.24) is 0 Å². The van der Waals surface area contributed by atoms with Crippen LogP contribution in [0, 0.1) is 18.6 Å². The molecule has 0 spiro atoms. The highest BCUT2D eigenvalue weighted by atomic mass is 35.5. The zero-order chi connectivity index (χ0) is 13.4. The van der Waals surface area contributed by atoms with Crippen molar-refractivity contribution in [3.05, 3.63) is 33.9 Å². The van der Waals surface area contributed by atoms with Crippen LogP contribution in [0.5, 0.6) is 0 Å². The molecule has 0 heterocycles. The molecule has 0 unspecified atom stereocenters. The van der Waals surface area contributed by atoms with Gasteiger partial charge in [0.25, 0.3) is 0 Å². The molecule has 1 aromatic carbocycles. The summed E-state index contributed by atoms with van der Waals surface area (Å²) < 4.78 is 32.0. The van der Waals surface area contributed by atoms with Crippen molar-refractivity contribution in [3.63, 3.8) is 0 Å². The fraction of sp³-hybridized carbons (Fsp3) is 0.417. The molecule has 0 radical (unpaired) electrons. The predicted octanol–water partition coefficient (Wildman–Crippen LogP) is 3.88. The van der Waals surface area contributed by atoms with Crippen molar-refractivity contribution in [3.8, 4) is 0 Å². The number of halogens is 3. The van der Waals surface area contributed by atoms with Crippen molar-refractivity contribution in [1.29, 1.82) is 0 Å². The van der Waals surface area contributed by atoms with Crippen LogP contribution < -0.4 is 0 Å². The van der Waals surface area contributed by atoms with Crippen LogP contribution in [0.1, 0.15) is 36.7 Å². The molecule has 0 saturated heterocycles. The molecule has 0 N–H and O–H groups in total. The molecule has 1 aromatic rings. The Hall–Kier alpha value is -1.16. The Morgan fingerprint density at radius 1 is 1.35 bits per heavy atom. The van der Waals surface area contributed by atoms with Gasteiger partial charge in [-0.2, -0.15) is 0 Å². The average Bonchev–Trinajstić information content (AvgIpc) is 2.17. The van der Waals surface area contributed by atoms with Crippen molar-refractivity contribution in [2.45, 2.75) is 33.3 Å². The van der Waals surface area contributed by atoms with Crippen molar-refractivity contribution in [2.24, 2.45) is 0 Å². The summed E-state index contributed by atoms with van der Waals surface area (Å²) in [4.78, 5) is 11.6. The molecule has 94 valence electrons. The van der Waals surface area contributed by atoms with Gasteiger partial charge in [0.15, 0.2) is 0 Å². The van der Waals surface area contributed by atoms with Gasteiger partial charge in [0, 0.05) is 5.56 Å². The first-order valence-electron chi connectivity index (χ1n) is 5.01. The highest BCUT2D eigenvalue weighted by Gasteiger charge is 2.24. The number of rotatable bonds is 1. The molecular formula is C12H13ClF2O2. The average molecular weight is 263 g/mol. The van der Waals surface area contributed by atoms with E-state index in [2.05, 4.69) is 0 Å². The fourth-order valence-corrected chi connectivity index (χ4v) is 1.35. The van der Waals surface area contributed by atoms with Gasteiger partial charge in [-0.1, -0.05) is 11.6 Å². The molecule has 1 rings (SSSR count). The molecule has 0 aliphatic heterocycles. The maximum absolute atomic E-state index is 13.7. The van der Waals surface area contributed by atoms with E-state index >= 15 is 0 Å². The van der Waals surface area contributed by atoms with Gasteiger partial charge >= 0.3 is 5.97 Å². The lowest BCUT2D eigenvalue weighted by Gasteiger charge is -2.20. The van der Waals surface area contributed by atoms with E-state index in [0.717, 1.165) is 6.07 Å². The Morgan fingerprint density at radius 3 is 2.35 bits per heavy atom. The predicted molar refractivity (Wildman–Crippen MR) is 61.3 cm³/mol. The number of ether oxygens (including phenoxy) is 1. The van der Waals surface area contributed by atoms with Gasteiger partial charge < -0.3 is 4.74 Å². The second-order valence-corrected chi connectivity index (χ2v) is 5.04. The summed E-state index contributed by atoms with van der Waals surface area (Å²) >= 11 is 5.53. The summed E-state index contributed by atoms with van der Waals surface area (Å²) in [5, 5.41) is -0.324. The van der Waals surface area contributed by atoms with Crippen molar-refractivity contribution in [2.75, 3.05) is 0 Å². The molecule has 5 heteroatoms. The Balaban J connectivity index is 3.20. The summed E-state index contributed by atoms with van der Waals surface area (Å²) in [6.07, 6.45) is 0. The molecule has 0 aliphatic carbocycles. The van der Waals surface area contributed by atoms with Crippen LogP contribution in [0.4, 0.5) is 8.78 Å². The molecule has 0 amide bonds. The monoisotopic (exact) mass is 262 g/mol. The third-order valence-electron chi connectivity index (χ3n) is 1.99. The number of esters is 1. The lowest BCUT2D eigenvalue weighted by atomic mass is 10.1. The van der Waals surface area contributed by atoms with E-state index in [1.54, 1.807) is 20.8 Å². The van der Waals surface area contributed by atoms with Gasteiger partial charge in [-0.05, 0) is 33.8 Å². The molecule has 0 fully saturated rings. The van der Waals surface area contributed by atoms with Crippen LogP contribution >= 0.6 is 11.6 Å². The Labute approximate surface area is 104 Å². The van der Waals surface area contributed by atoms with E-state index in [0.29, 0.717) is 0 Å². The quantitative estimate of drug-likeness (QED) is 0.567. The summed E-state index contributed by atoms with van der Waals surface area (Å²) in [6.45, 7) is 6.22. The van der Waals surface area contributed by atoms with Crippen LogP contribution in [0.25, 0.3) is 0 Å². The summed E-state index contributed by atoms with van der Waals surface area (Å²) in [7, 11) is 0. The number of carbonyl (C=O) groups is 1. The minimum absolute atomic E-state index is 0.104. The molecule has 0 aliphatic rings. The largest absolute Gasteiger partial charge is 0.456 e. The second kappa shape index (κ2) is 4.61. The molecule has 17 heavy (non-hydrogen) atoms. The Morgan fingerprint density at radius 2 is 1.88 bits per heavy atom. The normalized spacial score (nSPS) is 11.5. The van der Waals surface area contributed by atoms with E-state index in [1.165, 1.54) is 6.92 Å². The van der Waals surface area contributed by atoms with Crippen LogP contribution in [-0.4, -0.2) is 11.6 Å². The highest BCUT2D eigenvalue weighted by molar-refractivity contribution is 6.31. The van der Waals surface area contributed by atoms with Crippen LogP contribution in [-0.2, 0) is 4.74 Å².